The van der Waals surface area contributed by atoms with Gasteiger partial charge in [-0.2, -0.15) is 5.10 Å². The predicted molar refractivity (Wildman–Crippen MR) is 66.4 cm³/mol. The van der Waals surface area contributed by atoms with Gasteiger partial charge in [0.2, 0.25) is 5.88 Å². The van der Waals surface area contributed by atoms with Crippen molar-refractivity contribution in [2.24, 2.45) is 7.05 Å². The van der Waals surface area contributed by atoms with Gasteiger partial charge in [0.05, 0.1) is 5.69 Å². The second kappa shape index (κ2) is 4.86. The van der Waals surface area contributed by atoms with Crippen LogP contribution in [-0.4, -0.2) is 21.3 Å². The SMILES string of the molecule is CCNc1cc(Oc2cc(C)nn2C)ccn1. The van der Waals surface area contributed by atoms with Crippen LogP contribution in [-0.2, 0) is 7.05 Å². The summed E-state index contributed by atoms with van der Waals surface area (Å²) < 4.78 is 7.45. The highest BCUT2D eigenvalue weighted by atomic mass is 16.5. The van der Waals surface area contributed by atoms with E-state index in [1.165, 1.54) is 0 Å². The van der Waals surface area contributed by atoms with Crippen molar-refractivity contribution < 1.29 is 4.74 Å². The summed E-state index contributed by atoms with van der Waals surface area (Å²) in [5.41, 5.74) is 0.934. The van der Waals surface area contributed by atoms with E-state index in [4.69, 9.17) is 4.74 Å². The van der Waals surface area contributed by atoms with E-state index in [1.807, 2.05) is 39.1 Å². The number of anilines is 1. The van der Waals surface area contributed by atoms with Gasteiger partial charge in [-0.1, -0.05) is 0 Å². The third kappa shape index (κ3) is 2.75. The largest absolute Gasteiger partial charge is 0.439 e. The molecule has 5 nitrogen and oxygen atoms in total. The first-order valence-electron chi connectivity index (χ1n) is 5.57. The van der Waals surface area contributed by atoms with Crippen LogP contribution in [0.15, 0.2) is 24.4 Å². The number of ether oxygens (including phenoxy) is 1. The molecule has 0 atom stereocenters. The molecule has 1 N–H and O–H groups in total. The van der Waals surface area contributed by atoms with Crippen LogP contribution in [0.2, 0.25) is 0 Å². The Hall–Kier alpha value is -2.04. The third-order valence-electron chi connectivity index (χ3n) is 2.27. The van der Waals surface area contributed by atoms with Gasteiger partial charge >= 0.3 is 0 Å². The standard InChI is InChI=1S/C12H16N4O/c1-4-13-11-8-10(5-6-14-11)17-12-7-9(2)15-16(12)3/h5-8H,4H2,1-3H3,(H,13,14). The molecule has 2 rings (SSSR count). The van der Waals surface area contributed by atoms with E-state index in [-0.39, 0.29) is 0 Å². The van der Waals surface area contributed by atoms with Gasteiger partial charge in [0, 0.05) is 31.9 Å². The summed E-state index contributed by atoms with van der Waals surface area (Å²) in [6, 6.07) is 5.59. The highest BCUT2D eigenvalue weighted by Gasteiger charge is 2.05. The molecule has 0 radical (unpaired) electrons. The molecule has 2 heterocycles. The highest BCUT2D eigenvalue weighted by molar-refractivity contribution is 5.41. The molecule has 0 amide bonds. The van der Waals surface area contributed by atoms with Crippen molar-refractivity contribution in [3.05, 3.63) is 30.1 Å². The Morgan fingerprint density at radius 2 is 2.24 bits per heavy atom. The van der Waals surface area contributed by atoms with Crippen LogP contribution < -0.4 is 10.1 Å². The van der Waals surface area contributed by atoms with Crippen molar-refractivity contribution in [3.63, 3.8) is 0 Å². The lowest BCUT2D eigenvalue weighted by Gasteiger charge is -2.07. The summed E-state index contributed by atoms with van der Waals surface area (Å²) in [5, 5.41) is 7.37. The maximum Gasteiger partial charge on any atom is 0.217 e. The minimum absolute atomic E-state index is 0.719. The molecular weight excluding hydrogens is 216 g/mol. The maximum atomic E-state index is 5.74. The maximum absolute atomic E-state index is 5.74. The quantitative estimate of drug-likeness (QED) is 0.879. The topological polar surface area (TPSA) is 52.0 Å². The fraction of sp³-hybridized carbons (Fsp3) is 0.333. The Morgan fingerprint density at radius 1 is 1.41 bits per heavy atom. The van der Waals surface area contributed by atoms with E-state index in [9.17, 15) is 0 Å². The van der Waals surface area contributed by atoms with Gasteiger partial charge in [-0.05, 0) is 19.9 Å². The molecule has 0 unspecified atom stereocenters. The molecule has 0 aliphatic heterocycles. The molecule has 2 aromatic heterocycles. The second-order valence-corrected chi connectivity index (χ2v) is 3.76. The minimum atomic E-state index is 0.719. The summed E-state index contributed by atoms with van der Waals surface area (Å²) in [6.45, 7) is 4.80. The Kier molecular flexibility index (Phi) is 3.27. The predicted octanol–water partition coefficient (Wildman–Crippen LogP) is 2.35. The van der Waals surface area contributed by atoms with Gasteiger partial charge in [0.1, 0.15) is 11.6 Å². The van der Waals surface area contributed by atoms with E-state index >= 15 is 0 Å². The summed E-state index contributed by atoms with van der Waals surface area (Å²) in [6.07, 6.45) is 1.72. The molecule has 0 bridgehead atoms. The van der Waals surface area contributed by atoms with Crippen molar-refractivity contribution in [2.45, 2.75) is 13.8 Å². The molecule has 0 aromatic carbocycles. The molecule has 17 heavy (non-hydrogen) atoms. The summed E-state index contributed by atoms with van der Waals surface area (Å²) in [4.78, 5) is 4.18. The van der Waals surface area contributed by atoms with E-state index in [0.717, 1.165) is 29.7 Å². The number of rotatable bonds is 4. The molecular formula is C12H16N4O. The first kappa shape index (κ1) is 11.4. The first-order chi connectivity index (χ1) is 8.19. The van der Waals surface area contributed by atoms with Crippen molar-refractivity contribution in [2.75, 3.05) is 11.9 Å². The molecule has 5 heteroatoms. The van der Waals surface area contributed by atoms with Crippen molar-refractivity contribution in [1.29, 1.82) is 0 Å². The van der Waals surface area contributed by atoms with Gasteiger partial charge < -0.3 is 10.1 Å². The van der Waals surface area contributed by atoms with Gasteiger partial charge in [-0.15, -0.1) is 0 Å². The van der Waals surface area contributed by atoms with Crippen LogP contribution in [0.3, 0.4) is 0 Å². The van der Waals surface area contributed by atoms with Crippen LogP contribution in [0.4, 0.5) is 5.82 Å². The molecule has 0 fully saturated rings. The van der Waals surface area contributed by atoms with Crippen LogP contribution in [0.5, 0.6) is 11.6 Å². The zero-order chi connectivity index (χ0) is 12.3. The van der Waals surface area contributed by atoms with Crippen molar-refractivity contribution in [3.8, 4) is 11.6 Å². The number of aryl methyl sites for hydroxylation is 2. The minimum Gasteiger partial charge on any atom is -0.439 e. The van der Waals surface area contributed by atoms with Gasteiger partial charge in [-0.25, -0.2) is 9.67 Å². The highest BCUT2D eigenvalue weighted by Crippen LogP contribution is 2.22. The third-order valence-corrected chi connectivity index (χ3v) is 2.27. The van der Waals surface area contributed by atoms with Gasteiger partial charge in [0.15, 0.2) is 0 Å². The molecule has 0 spiro atoms. The normalized spacial score (nSPS) is 10.3. The Labute approximate surface area is 100 Å². The zero-order valence-corrected chi connectivity index (χ0v) is 10.3. The Morgan fingerprint density at radius 3 is 2.88 bits per heavy atom. The van der Waals surface area contributed by atoms with Crippen molar-refractivity contribution >= 4 is 5.82 Å². The van der Waals surface area contributed by atoms with Crippen LogP contribution in [0, 0.1) is 6.92 Å². The van der Waals surface area contributed by atoms with E-state index in [1.54, 1.807) is 10.9 Å². The average molecular weight is 232 g/mol. The average Bonchev–Trinajstić information content (AvgIpc) is 2.58. The summed E-state index contributed by atoms with van der Waals surface area (Å²) >= 11 is 0. The zero-order valence-electron chi connectivity index (χ0n) is 10.3. The smallest absolute Gasteiger partial charge is 0.217 e. The molecule has 90 valence electrons. The number of aromatic nitrogens is 3. The molecule has 0 saturated heterocycles. The molecule has 0 saturated carbocycles. The van der Waals surface area contributed by atoms with E-state index in [0.29, 0.717) is 0 Å². The number of nitrogens with one attached hydrogen (secondary N) is 1. The molecule has 0 aliphatic carbocycles. The lowest BCUT2D eigenvalue weighted by molar-refractivity contribution is 0.430. The fourth-order valence-electron chi connectivity index (χ4n) is 1.56. The van der Waals surface area contributed by atoms with E-state index < -0.39 is 0 Å². The van der Waals surface area contributed by atoms with Crippen LogP contribution >= 0.6 is 0 Å². The fourth-order valence-corrected chi connectivity index (χ4v) is 1.56. The molecule has 0 aliphatic rings. The summed E-state index contributed by atoms with van der Waals surface area (Å²) in [5.74, 6) is 2.28. The lowest BCUT2D eigenvalue weighted by Crippen LogP contribution is -1.99. The van der Waals surface area contributed by atoms with Crippen LogP contribution in [0.25, 0.3) is 0 Å². The molecule has 2 aromatic rings. The number of hydrogen-bond donors (Lipinski definition) is 1. The van der Waals surface area contributed by atoms with Crippen LogP contribution in [0.1, 0.15) is 12.6 Å². The number of hydrogen-bond acceptors (Lipinski definition) is 4. The van der Waals surface area contributed by atoms with E-state index in [2.05, 4.69) is 15.4 Å². The Balaban J connectivity index is 2.18. The van der Waals surface area contributed by atoms with Gasteiger partial charge in [-0.3, -0.25) is 0 Å². The number of nitrogens with zero attached hydrogens (tertiary/aromatic N) is 3. The monoisotopic (exact) mass is 232 g/mol. The first-order valence-corrected chi connectivity index (χ1v) is 5.57. The lowest BCUT2D eigenvalue weighted by atomic mass is 10.4. The van der Waals surface area contributed by atoms with Crippen molar-refractivity contribution in [1.82, 2.24) is 14.8 Å². The second-order valence-electron chi connectivity index (χ2n) is 3.76. The summed E-state index contributed by atoms with van der Waals surface area (Å²) in [7, 11) is 1.86. The Bertz CT molecular complexity index is 507. The number of pyridine rings is 1. The van der Waals surface area contributed by atoms with Gasteiger partial charge in [0.25, 0.3) is 0 Å².